The van der Waals surface area contributed by atoms with E-state index in [1.54, 1.807) is 6.92 Å². The largest absolute Gasteiger partial charge is 0.378 e. The van der Waals surface area contributed by atoms with Crippen molar-refractivity contribution in [2.75, 3.05) is 11.9 Å². The van der Waals surface area contributed by atoms with Gasteiger partial charge in [-0.25, -0.2) is 4.39 Å². The summed E-state index contributed by atoms with van der Waals surface area (Å²) in [7, 11) is 0. The van der Waals surface area contributed by atoms with Gasteiger partial charge in [0.15, 0.2) is 0 Å². The number of anilines is 1. The van der Waals surface area contributed by atoms with Crippen molar-refractivity contribution in [3.63, 3.8) is 0 Å². The highest BCUT2D eigenvalue weighted by atomic mass is 35.5. The number of nitro groups is 1. The second-order valence-corrected chi connectivity index (χ2v) is 3.81. The third-order valence-corrected chi connectivity index (χ3v) is 2.14. The van der Waals surface area contributed by atoms with E-state index in [9.17, 15) is 14.5 Å². The molecule has 1 rings (SSSR count). The molecule has 1 unspecified atom stereocenters. The number of halogens is 2. The minimum absolute atomic E-state index is 0.161. The van der Waals surface area contributed by atoms with Crippen LogP contribution in [0.25, 0.3) is 0 Å². The van der Waals surface area contributed by atoms with E-state index in [1.807, 2.05) is 0 Å². The second-order valence-electron chi connectivity index (χ2n) is 3.40. The van der Waals surface area contributed by atoms with Gasteiger partial charge in [-0.2, -0.15) is 0 Å². The van der Waals surface area contributed by atoms with Crippen LogP contribution in [-0.2, 0) is 0 Å². The molecule has 1 aromatic carbocycles. The van der Waals surface area contributed by atoms with E-state index in [-0.39, 0.29) is 22.4 Å². The fraction of sp³-hybridized carbons (Fsp3) is 0.333. The Hall–Kier alpha value is -1.40. The third-order valence-electron chi connectivity index (χ3n) is 1.85. The van der Waals surface area contributed by atoms with Gasteiger partial charge in [-0.3, -0.25) is 10.1 Å². The molecule has 0 bridgehead atoms. The van der Waals surface area contributed by atoms with Crippen LogP contribution in [0, 0.1) is 15.9 Å². The summed E-state index contributed by atoms with van der Waals surface area (Å²) in [6.45, 7) is 2.08. The molecule has 1 aromatic rings. The highest BCUT2D eigenvalue weighted by Gasteiger charge is 2.17. The summed E-state index contributed by atoms with van der Waals surface area (Å²) in [6.07, 6.45) is 0. The lowest BCUT2D eigenvalue weighted by Gasteiger charge is -2.09. The summed E-state index contributed by atoms with van der Waals surface area (Å²) in [5, 5.41) is 13.2. The Bertz CT molecular complexity index is 412. The molecule has 5 nitrogen and oxygen atoms in total. The van der Waals surface area contributed by atoms with E-state index in [0.29, 0.717) is 6.54 Å². The molecule has 1 atom stereocenters. The summed E-state index contributed by atoms with van der Waals surface area (Å²) in [4.78, 5) is 9.98. The van der Waals surface area contributed by atoms with Gasteiger partial charge < -0.3 is 11.1 Å². The molecular formula is C9H11ClFN3O2. The van der Waals surface area contributed by atoms with Gasteiger partial charge in [0, 0.05) is 12.6 Å². The number of nitrogens with one attached hydrogen (secondary N) is 1. The van der Waals surface area contributed by atoms with Crippen LogP contribution in [0.2, 0.25) is 5.02 Å². The zero-order valence-electron chi connectivity index (χ0n) is 8.54. The number of hydrogen-bond donors (Lipinski definition) is 2. The van der Waals surface area contributed by atoms with Gasteiger partial charge >= 0.3 is 0 Å². The van der Waals surface area contributed by atoms with Crippen LogP contribution in [0.5, 0.6) is 0 Å². The molecule has 3 N–H and O–H groups in total. The first-order chi connectivity index (χ1) is 7.41. The number of rotatable bonds is 4. The zero-order chi connectivity index (χ0) is 12.3. The average molecular weight is 248 g/mol. The minimum atomic E-state index is -0.820. The molecule has 0 heterocycles. The molecule has 88 valence electrons. The number of nitro benzene ring substituents is 1. The maximum Gasteiger partial charge on any atom is 0.295 e. The van der Waals surface area contributed by atoms with Crippen LogP contribution in [0.15, 0.2) is 12.1 Å². The van der Waals surface area contributed by atoms with E-state index in [2.05, 4.69) is 5.32 Å². The van der Waals surface area contributed by atoms with Crippen molar-refractivity contribution in [3.05, 3.63) is 33.1 Å². The van der Waals surface area contributed by atoms with Crippen molar-refractivity contribution >= 4 is 23.0 Å². The van der Waals surface area contributed by atoms with Crippen molar-refractivity contribution in [1.29, 1.82) is 0 Å². The summed E-state index contributed by atoms with van der Waals surface area (Å²) in [6, 6.07) is 1.78. The molecule has 0 amide bonds. The van der Waals surface area contributed by atoms with Crippen LogP contribution in [0.4, 0.5) is 15.8 Å². The second kappa shape index (κ2) is 5.09. The average Bonchev–Trinajstić information content (AvgIpc) is 2.18. The van der Waals surface area contributed by atoms with Crippen molar-refractivity contribution in [2.45, 2.75) is 13.0 Å². The van der Waals surface area contributed by atoms with Crippen molar-refractivity contribution in [2.24, 2.45) is 5.73 Å². The van der Waals surface area contributed by atoms with Gasteiger partial charge in [-0.15, -0.1) is 0 Å². The van der Waals surface area contributed by atoms with Crippen LogP contribution in [0.3, 0.4) is 0 Å². The summed E-state index contributed by atoms with van der Waals surface area (Å²) < 4.78 is 13.0. The number of nitrogens with two attached hydrogens (primary N) is 1. The van der Waals surface area contributed by atoms with E-state index in [4.69, 9.17) is 17.3 Å². The van der Waals surface area contributed by atoms with E-state index >= 15 is 0 Å². The molecule has 0 saturated carbocycles. The third kappa shape index (κ3) is 3.04. The molecule has 0 aliphatic carbocycles. The van der Waals surface area contributed by atoms with Gasteiger partial charge in [-0.1, -0.05) is 11.6 Å². The Labute approximate surface area is 96.5 Å². The molecular weight excluding hydrogens is 237 g/mol. The lowest BCUT2D eigenvalue weighted by molar-refractivity contribution is -0.384. The van der Waals surface area contributed by atoms with Crippen LogP contribution in [0.1, 0.15) is 6.92 Å². The SMILES string of the molecule is CC(N)CNc1cc(Cl)c(F)cc1[N+](=O)[O-]. The summed E-state index contributed by atoms with van der Waals surface area (Å²) in [5.41, 5.74) is 5.30. The van der Waals surface area contributed by atoms with Crippen molar-refractivity contribution < 1.29 is 9.31 Å². The van der Waals surface area contributed by atoms with E-state index in [0.717, 1.165) is 6.07 Å². The number of hydrogen-bond acceptors (Lipinski definition) is 4. The molecule has 0 aromatic heterocycles. The van der Waals surface area contributed by atoms with Gasteiger partial charge in [0.25, 0.3) is 5.69 Å². The highest BCUT2D eigenvalue weighted by Crippen LogP contribution is 2.30. The molecule has 0 aliphatic rings. The lowest BCUT2D eigenvalue weighted by Crippen LogP contribution is -2.25. The maximum absolute atomic E-state index is 13.0. The van der Waals surface area contributed by atoms with Gasteiger partial charge in [0.2, 0.25) is 0 Å². The predicted molar refractivity (Wildman–Crippen MR) is 60.2 cm³/mol. The molecule has 16 heavy (non-hydrogen) atoms. The van der Waals surface area contributed by atoms with Crippen LogP contribution < -0.4 is 11.1 Å². The number of nitrogens with zero attached hydrogens (tertiary/aromatic N) is 1. The summed E-state index contributed by atoms with van der Waals surface area (Å²) in [5.74, 6) is -0.820. The Kier molecular flexibility index (Phi) is 4.03. The Morgan fingerprint density at radius 3 is 2.81 bits per heavy atom. The van der Waals surface area contributed by atoms with Crippen molar-refractivity contribution in [1.82, 2.24) is 0 Å². The van der Waals surface area contributed by atoms with E-state index in [1.165, 1.54) is 6.07 Å². The standard InChI is InChI=1S/C9H11ClFN3O2/c1-5(12)4-13-8-2-6(10)7(11)3-9(8)14(15)16/h2-3,5,13H,4,12H2,1H3. The first-order valence-corrected chi connectivity index (χ1v) is 4.92. The quantitative estimate of drug-likeness (QED) is 0.631. The smallest absolute Gasteiger partial charge is 0.295 e. The first-order valence-electron chi connectivity index (χ1n) is 4.54. The molecule has 0 spiro atoms. The Morgan fingerprint density at radius 1 is 1.69 bits per heavy atom. The van der Waals surface area contributed by atoms with Gasteiger partial charge in [0.1, 0.15) is 11.5 Å². The zero-order valence-corrected chi connectivity index (χ0v) is 9.29. The predicted octanol–water partition coefficient (Wildman–Crippen LogP) is 2.15. The normalized spacial score (nSPS) is 12.2. The van der Waals surface area contributed by atoms with E-state index < -0.39 is 10.7 Å². The first kappa shape index (κ1) is 12.7. The fourth-order valence-corrected chi connectivity index (χ4v) is 1.26. The van der Waals surface area contributed by atoms with Crippen LogP contribution in [-0.4, -0.2) is 17.5 Å². The van der Waals surface area contributed by atoms with Crippen molar-refractivity contribution in [3.8, 4) is 0 Å². The molecule has 0 aliphatic heterocycles. The van der Waals surface area contributed by atoms with Gasteiger partial charge in [0.05, 0.1) is 16.0 Å². The maximum atomic E-state index is 13.0. The topological polar surface area (TPSA) is 81.2 Å². The number of benzene rings is 1. The minimum Gasteiger partial charge on any atom is -0.378 e. The molecule has 7 heteroatoms. The van der Waals surface area contributed by atoms with Crippen LogP contribution >= 0.6 is 11.6 Å². The lowest BCUT2D eigenvalue weighted by atomic mass is 10.2. The fourth-order valence-electron chi connectivity index (χ4n) is 1.10. The molecule has 0 fully saturated rings. The monoisotopic (exact) mass is 247 g/mol. The van der Waals surface area contributed by atoms with Gasteiger partial charge in [-0.05, 0) is 13.0 Å². The Balaban J connectivity index is 3.05. The highest BCUT2D eigenvalue weighted by molar-refractivity contribution is 6.31. The summed E-state index contributed by atoms with van der Waals surface area (Å²) >= 11 is 5.54. The molecule has 0 saturated heterocycles. The Morgan fingerprint density at radius 2 is 2.31 bits per heavy atom. The molecule has 0 radical (unpaired) electrons.